The van der Waals surface area contributed by atoms with Gasteiger partial charge in [-0.25, -0.2) is 0 Å². The van der Waals surface area contributed by atoms with Crippen molar-refractivity contribution in [1.29, 1.82) is 0 Å². The maximum absolute atomic E-state index is 5.85. The van der Waals surface area contributed by atoms with Crippen LogP contribution in [0.1, 0.15) is 43.1 Å². The van der Waals surface area contributed by atoms with Crippen LogP contribution in [0.5, 0.6) is 5.75 Å². The highest BCUT2D eigenvalue weighted by Gasteiger charge is 2.30. The van der Waals surface area contributed by atoms with Crippen molar-refractivity contribution in [3.63, 3.8) is 0 Å². The molecule has 0 saturated carbocycles. The van der Waals surface area contributed by atoms with Crippen LogP contribution in [0.2, 0.25) is 0 Å². The second kappa shape index (κ2) is 3.82. The van der Waals surface area contributed by atoms with Gasteiger partial charge in [0.25, 0.3) is 0 Å². The summed E-state index contributed by atoms with van der Waals surface area (Å²) in [5, 5.41) is 0. The molecule has 1 aliphatic rings. The van der Waals surface area contributed by atoms with E-state index in [0.29, 0.717) is 4.83 Å². The first-order valence-corrected chi connectivity index (χ1v) is 6.39. The topological polar surface area (TPSA) is 9.23 Å². The number of fused-ring (bicyclic) bond motifs is 1. The SMILES string of the molecule is CCC(Br)c1ccc2c(c1)CC(C)(C)O2. The first kappa shape index (κ1) is 11.0. The predicted molar refractivity (Wildman–Crippen MR) is 66.8 cm³/mol. The molecule has 1 heterocycles. The number of benzene rings is 1. The van der Waals surface area contributed by atoms with Crippen LogP contribution in [0, 0.1) is 0 Å². The van der Waals surface area contributed by atoms with Gasteiger partial charge >= 0.3 is 0 Å². The van der Waals surface area contributed by atoms with Gasteiger partial charge in [0, 0.05) is 11.2 Å². The molecule has 1 unspecified atom stereocenters. The van der Waals surface area contributed by atoms with E-state index in [1.54, 1.807) is 0 Å². The van der Waals surface area contributed by atoms with Gasteiger partial charge in [-0.15, -0.1) is 0 Å². The van der Waals surface area contributed by atoms with E-state index in [0.717, 1.165) is 18.6 Å². The molecule has 82 valence electrons. The molecule has 0 amide bonds. The van der Waals surface area contributed by atoms with Crippen LogP contribution >= 0.6 is 15.9 Å². The minimum absolute atomic E-state index is 0.0328. The summed E-state index contributed by atoms with van der Waals surface area (Å²) in [7, 11) is 0. The fraction of sp³-hybridized carbons (Fsp3) is 0.538. The van der Waals surface area contributed by atoms with Crippen LogP contribution < -0.4 is 4.74 Å². The van der Waals surface area contributed by atoms with Crippen LogP contribution in [-0.4, -0.2) is 5.60 Å². The molecule has 1 aliphatic heterocycles. The average molecular weight is 269 g/mol. The molecule has 0 aliphatic carbocycles. The van der Waals surface area contributed by atoms with Crippen molar-refractivity contribution < 1.29 is 4.74 Å². The summed E-state index contributed by atoms with van der Waals surface area (Å²) in [6.07, 6.45) is 2.13. The van der Waals surface area contributed by atoms with Crippen molar-refractivity contribution in [2.45, 2.75) is 44.0 Å². The van der Waals surface area contributed by atoms with Gasteiger partial charge in [-0.05, 0) is 37.5 Å². The van der Waals surface area contributed by atoms with Gasteiger partial charge in [-0.3, -0.25) is 0 Å². The summed E-state index contributed by atoms with van der Waals surface area (Å²) < 4.78 is 5.85. The summed E-state index contributed by atoms with van der Waals surface area (Å²) >= 11 is 3.68. The molecule has 2 rings (SSSR count). The lowest BCUT2D eigenvalue weighted by Gasteiger charge is -2.16. The molecule has 0 bridgehead atoms. The lowest BCUT2D eigenvalue weighted by atomic mass is 9.99. The van der Waals surface area contributed by atoms with E-state index in [1.165, 1.54) is 11.1 Å². The fourth-order valence-corrected chi connectivity index (χ4v) is 2.34. The predicted octanol–water partition coefficient (Wildman–Crippen LogP) is 4.25. The molecule has 0 radical (unpaired) electrons. The van der Waals surface area contributed by atoms with Gasteiger partial charge in [0.2, 0.25) is 0 Å². The Kier molecular flexibility index (Phi) is 2.80. The summed E-state index contributed by atoms with van der Waals surface area (Å²) in [4.78, 5) is 0.464. The van der Waals surface area contributed by atoms with Gasteiger partial charge < -0.3 is 4.74 Å². The zero-order chi connectivity index (χ0) is 11.1. The number of hydrogen-bond donors (Lipinski definition) is 0. The molecule has 1 aromatic carbocycles. The highest BCUT2D eigenvalue weighted by atomic mass is 79.9. The molecule has 1 nitrogen and oxygen atoms in total. The highest BCUT2D eigenvalue weighted by molar-refractivity contribution is 9.09. The molecule has 1 atom stereocenters. The number of halogens is 1. The van der Waals surface area contributed by atoms with E-state index in [9.17, 15) is 0 Å². The lowest BCUT2D eigenvalue weighted by molar-refractivity contribution is 0.138. The zero-order valence-electron chi connectivity index (χ0n) is 9.51. The minimum atomic E-state index is -0.0328. The smallest absolute Gasteiger partial charge is 0.123 e. The third kappa shape index (κ3) is 2.20. The Bertz CT molecular complexity index is 371. The maximum atomic E-state index is 5.85. The van der Waals surface area contributed by atoms with Crippen molar-refractivity contribution in [1.82, 2.24) is 0 Å². The fourth-order valence-electron chi connectivity index (χ4n) is 2.06. The Labute approximate surface area is 100.0 Å². The lowest BCUT2D eigenvalue weighted by Crippen LogP contribution is -2.24. The van der Waals surface area contributed by atoms with Crippen molar-refractivity contribution in [3.05, 3.63) is 29.3 Å². The number of alkyl halides is 1. The quantitative estimate of drug-likeness (QED) is 0.729. The van der Waals surface area contributed by atoms with Crippen LogP contribution in [-0.2, 0) is 6.42 Å². The van der Waals surface area contributed by atoms with Crippen molar-refractivity contribution in [2.75, 3.05) is 0 Å². The highest BCUT2D eigenvalue weighted by Crippen LogP contribution is 2.37. The molecule has 1 aromatic rings. The second-order valence-corrected chi connectivity index (χ2v) is 5.89. The van der Waals surface area contributed by atoms with Gasteiger partial charge in [-0.1, -0.05) is 35.0 Å². The second-order valence-electron chi connectivity index (χ2n) is 4.78. The van der Waals surface area contributed by atoms with Gasteiger partial charge in [-0.2, -0.15) is 0 Å². The maximum Gasteiger partial charge on any atom is 0.123 e. The van der Waals surface area contributed by atoms with Crippen LogP contribution in [0.3, 0.4) is 0 Å². The number of rotatable bonds is 2. The van der Waals surface area contributed by atoms with Gasteiger partial charge in [0.15, 0.2) is 0 Å². The van der Waals surface area contributed by atoms with Gasteiger partial charge in [0.05, 0.1) is 0 Å². The van der Waals surface area contributed by atoms with E-state index in [2.05, 4.69) is 54.9 Å². The normalized spacial score (nSPS) is 19.5. The first-order chi connectivity index (χ1) is 7.02. The third-order valence-electron chi connectivity index (χ3n) is 2.81. The minimum Gasteiger partial charge on any atom is -0.487 e. The monoisotopic (exact) mass is 268 g/mol. The third-order valence-corrected chi connectivity index (χ3v) is 3.98. The number of ether oxygens (including phenoxy) is 1. The van der Waals surface area contributed by atoms with Gasteiger partial charge in [0.1, 0.15) is 11.4 Å². The Balaban J connectivity index is 2.30. The van der Waals surface area contributed by atoms with E-state index < -0.39 is 0 Å². The number of hydrogen-bond acceptors (Lipinski definition) is 1. The molecule has 0 aromatic heterocycles. The van der Waals surface area contributed by atoms with E-state index in [-0.39, 0.29) is 5.60 Å². The largest absolute Gasteiger partial charge is 0.487 e. The summed E-state index contributed by atoms with van der Waals surface area (Å²) in [5.74, 6) is 1.06. The summed E-state index contributed by atoms with van der Waals surface area (Å²) in [5.41, 5.74) is 2.67. The van der Waals surface area contributed by atoms with Crippen molar-refractivity contribution in [3.8, 4) is 5.75 Å². The molecule has 15 heavy (non-hydrogen) atoms. The Morgan fingerprint density at radius 1 is 1.47 bits per heavy atom. The molecular formula is C13H17BrO. The Morgan fingerprint density at radius 3 is 2.87 bits per heavy atom. The summed E-state index contributed by atoms with van der Waals surface area (Å²) in [6.45, 7) is 6.46. The van der Waals surface area contributed by atoms with E-state index in [4.69, 9.17) is 4.74 Å². The molecule has 0 spiro atoms. The van der Waals surface area contributed by atoms with E-state index in [1.807, 2.05) is 0 Å². The van der Waals surface area contributed by atoms with Crippen molar-refractivity contribution >= 4 is 15.9 Å². The first-order valence-electron chi connectivity index (χ1n) is 5.48. The van der Waals surface area contributed by atoms with Crippen LogP contribution in [0.25, 0.3) is 0 Å². The molecular weight excluding hydrogens is 252 g/mol. The van der Waals surface area contributed by atoms with Crippen molar-refractivity contribution in [2.24, 2.45) is 0 Å². The standard InChI is InChI=1S/C13H17BrO/c1-4-11(14)9-5-6-12-10(7-9)8-13(2,3)15-12/h5-7,11H,4,8H2,1-3H3. The average Bonchev–Trinajstić information content (AvgIpc) is 2.49. The van der Waals surface area contributed by atoms with Crippen LogP contribution in [0.4, 0.5) is 0 Å². The molecule has 0 fully saturated rings. The van der Waals surface area contributed by atoms with E-state index >= 15 is 0 Å². The Hall–Kier alpha value is -0.500. The van der Waals surface area contributed by atoms with Crippen LogP contribution in [0.15, 0.2) is 18.2 Å². The zero-order valence-corrected chi connectivity index (χ0v) is 11.1. The molecule has 0 saturated heterocycles. The summed E-state index contributed by atoms with van der Waals surface area (Å²) in [6, 6.07) is 6.53. The Morgan fingerprint density at radius 2 is 2.20 bits per heavy atom. The molecule has 2 heteroatoms. The molecule has 0 N–H and O–H groups in total.